The highest BCUT2D eigenvalue weighted by Gasteiger charge is 2.49. The molecule has 1 amide bonds. The third kappa shape index (κ3) is 16.9. The lowest BCUT2D eigenvalue weighted by Crippen LogP contribution is -2.55. The lowest BCUT2D eigenvalue weighted by molar-refractivity contribution is -0.171. The highest BCUT2D eigenvalue weighted by atomic mass is 32.2. The van der Waals surface area contributed by atoms with Gasteiger partial charge in [-0.05, 0) is 49.8 Å². The number of methoxy groups -OCH3 is 1. The van der Waals surface area contributed by atoms with Gasteiger partial charge in [-0.1, -0.05) is 83.1 Å². The minimum Gasteiger partial charge on any atom is -0.494 e. The Hall–Kier alpha value is -3.06. The fourth-order valence-corrected chi connectivity index (χ4v) is 6.62. The highest BCUT2D eigenvalue weighted by Crippen LogP contribution is 2.28. The summed E-state index contributed by atoms with van der Waals surface area (Å²) in [7, 11) is -2.00. The number of hydrogen-bond acceptors (Lipinski definition) is 8. The molecule has 0 aliphatic heterocycles. The Kier molecular flexibility index (Phi) is 20.9. The number of aliphatic hydroxyl groups is 1. The third-order valence-electron chi connectivity index (χ3n) is 8.03. The maximum atomic E-state index is 13.4. The molecule has 274 valence electrons. The van der Waals surface area contributed by atoms with Crippen LogP contribution in [0.25, 0.3) is 0 Å². The number of rotatable bonds is 27. The van der Waals surface area contributed by atoms with Crippen molar-refractivity contribution in [1.82, 2.24) is 5.32 Å². The number of carbonyl (C=O) groups excluding carboxylic acids is 2. The molecule has 1 rings (SSSR count). The Balaban J connectivity index is 2.90. The number of nitrogens with one attached hydrogen (secondary N) is 1. The van der Waals surface area contributed by atoms with Crippen molar-refractivity contribution in [2.24, 2.45) is 5.92 Å². The molecule has 48 heavy (non-hydrogen) atoms. The fourth-order valence-electron chi connectivity index (χ4n) is 5.13. The van der Waals surface area contributed by atoms with E-state index in [1.165, 1.54) is 6.08 Å². The number of allylic oxidation sites excluding steroid dienone is 1. The maximum Gasteiger partial charge on any atom is 0.337 e. The molecule has 1 aromatic carbocycles. The first-order valence-corrected chi connectivity index (χ1v) is 18.8. The SMILES string of the molecule is CCCCCCCS(=O)(=O)CCCCCC/C=C/[C@H](C(=O)N[C@@H](Cc1ccc(OCCCC)cc1)C(=O)OC)[C@@](O)(CC(F)F)C(=O)O. The summed E-state index contributed by atoms with van der Waals surface area (Å²) in [5.41, 5.74) is -2.54. The number of carbonyl (C=O) groups is 3. The topological polar surface area (TPSA) is 156 Å². The zero-order chi connectivity index (χ0) is 36.0. The number of amides is 1. The summed E-state index contributed by atoms with van der Waals surface area (Å²) in [6, 6.07) is 5.48. The monoisotopic (exact) mass is 703 g/mol. The number of sulfone groups is 1. The summed E-state index contributed by atoms with van der Waals surface area (Å²) < 4.78 is 61.8. The van der Waals surface area contributed by atoms with Crippen LogP contribution in [0.4, 0.5) is 8.78 Å². The van der Waals surface area contributed by atoms with Gasteiger partial charge in [-0.3, -0.25) is 4.79 Å². The fraction of sp³-hybridized carbons (Fsp3) is 0.686. The van der Waals surface area contributed by atoms with Crippen molar-refractivity contribution in [3.63, 3.8) is 0 Å². The van der Waals surface area contributed by atoms with E-state index in [9.17, 15) is 41.8 Å². The molecular formula is C35H55F2NO9S. The van der Waals surface area contributed by atoms with Crippen LogP contribution in [0.5, 0.6) is 5.75 Å². The summed E-state index contributed by atoms with van der Waals surface area (Å²) in [5.74, 6) is -5.03. The Morgan fingerprint density at radius 3 is 2.04 bits per heavy atom. The van der Waals surface area contributed by atoms with Gasteiger partial charge in [-0.25, -0.2) is 26.8 Å². The molecule has 0 unspecified atom stereocenters. The molecule has 1 aromatic rings. The molecule has 0 heterocycles. The molecule has 0 bridgehead atoms. The van der Waals surface area contributed by atoms with Crippen LogP contribution in [-0.2, 0) is 35.4 Å². The van der Waals surface area contributed by atoms with Crippen molar-refractivity contribution in [1.29, 1.82) is 0 Å². The molecule has 0 saturated carbocycles. The van der Waals surface area contributed by atoms with E-state index in [1.807, 2.05) is 6.92 Å². The first-order chi connectivity index (χ1) is 22.8. The molecule has 0 radical (unpaired) electrons. The van der Waals surface area contributed by atoms with Gasteiger partial charge in [0.25, 0.3) is 0 Å². The standard InChI is InChI=1S/C35H55F2NO9S/c1-4-6-8-12-15-23-48(44,45)24-16-13-10-9-11-14-17-29(35(43,34(41)42)26-31(36)37)32(39)38-30(33(40)46-3)25-27-18-20-28(21-19-27)47-22-7-5-2/h14,17-21,29-31,43H,4-13,15-16,22-26H2,1-3H3,(H,38,39)(H,41,42)/b17-14+/t29-,30+,35+/m1/s1. The lowest BCUT2D eigenvalue weighted by Gasteiger charge is -2.30. The van der Waals surface area contributed by atoms with Crippen LogP contribution in [-0.4, -0.2) is 79.8 Å². The molecule has 0 saturated heterocycles. The van der Waals surface area contributed by atoms with Gasteiger partial charge in [0.2, 0.25) is 12.3 Å². The minimum absolute atomic E-state index is 0.0565. The number of ether oxygens (including phenoxy) is 2. The normalized spacial score (nSPS) is 14.4. The quantitative estimate of drug-likeness (QED) is 0.0565. The van der Waals surface area contributed by atoms with Crippen molar-refractivity contribution >= 4 is 27.7 Å². The molecule has 0 spiro atoms. The summed E-state index contributed by atoms with van der Waals surface area (Å²) in [6.45, 7) is 4.68. The number of aliphatic carboxylic acids is 1. The van der Waals surface area contributed by atoms with Crippen LogP contribution in [0.15, 0.2) is 36.4 Å². The van der Waals surface area contributed by atoms with E-state index < -0.39 is 58.1 Å². The van der Waals surface area contributed by atoms with E-state index in [0.717, 1.165) is 51.7 Å². The largest absolute Gasteiger partial charge is 0.494 e. The third-order valence-corrected chi connectivity index (χ3v) is 9.85. The second-order valence-electron chi connectivity index (χ2n) is 12.1. The first kappa shape index (κ1) is 43.0. The van der Waals surface area contributed by atoms with Gasteiger partial charge in [0.1, 0.15) is 21.6 Å². The van der Waals surface area contributed by atoms with Crippen molar-refractivity contribution in [3.8, 4) is 5.75 Å². The average Bonchev–Trinajstić information content (AvgIpc) is 3.03. The molecule has 3 N–H and O–H groups in total. The molecule has 10 nitrogen and oxygen atoms in total. The predicted octanol–water partition coefficient (Wildman–Crippen LogP) is 6.04. The zero-order valence-electron chi connectivity index (χ0n) is 28.6. The number of alkyl halides is 2. The number of esters is 1. The summed E-state index contributed by atoms with van der Waals surface area (Å²) in [4.78, 5) is 38.1. The van der Waals surface area contributed by atoms with E-state index in [0.29, 0.717) is 56.4 Å². The van der Waals surface area contributed by atoms with E-state index in [-0.39, 0.29) is 17.9 Å². The first-order valence-electron chi connectivity index (χ1n) is 17.0. The average molecular weight is 704 g/mol. The van der Waals surface area contributed by atoms with Gasteiger partial charge in [0.15, 0.2) is 5.60 Å². The Morgan fingerprint density at radius 1 is 0.917 bits per heavy atom. The number of unbranched alkanes of at least 4 members (excludes halogenated alkanes) is 9. The van der Waals surface area contributed by atoms with Crippen molar-refractivity contribution < 1.29 is 51.3 Å². The molecular weight excluding hydrogens is 648 g/mol. The van der Waals surface area contributed by atoms with Crippen molar-refractivity contribution in [3.05, 3.63) is 42.0 Å². The molecule has 0 fully saturated rings. The maximum absolute atomic E-state index is 13.4. The summed E-state index contributed by atoms with van der Waals surface area (Å²) in [6.07, 6.45) is 7.02. The van der Waals surface area contributed by atoms with Gasteiger partial charge in [0, 0.05) is 12.8 Å². The van der Waals surface area contributed by atoms with Gasteiger partial charge in [0.05, 0.1) is 31.1 Å². The smallest absolute Gasteiger partial charge is 0.337 e. The Morgan fingerprint density at radius 2 is 1.50 bits per heavy atom. The van der Waals surface area contributed by atoms with Crippen LogP contribution in [0.2, 0.25) is 0 Å². The summed E-state index contributed by atoms with van der Waals surface area (Å²) >= 11 is 0. The number of carboxylic acids is 1. The number of carboxylic acid groups (broad SMARTS) is 1. The second kappa shape index (κ2) is 23.3. The van der Waals surface area contributed by atoms with Gasteiger partial charge in [-0.15, -0.1) is 0 Å². The van der Waals surface area contributed by atoms with Crippen LogP contribution >= 0.6 is 0 Å². The molecule has 0 aliphatic rings. The van der Waals surface area contributed by atoms with Crippen LogP contribution < -0.4 is 10.1 Å². The molecule has 0 aromatic heterocycles. The van der Waals surface area contributed by atoms with E-state index in [4.69, 9.17) is 9.47 Å². The van der Waals surface area contributed by atoms with E-state index in [2.05, 4.69) is 12.2 Å². The number of hydrogen-bond donors (Lipinski definition) is 3. The second-order valence-corrected chi connectivity index (χ2v) is 14.4. The van der Waals surface area contributed by atoms with Crippen LogP contribution in [0.1, 0.15) is 103 Å². The zero-order valence-corrected chi connectivity index (χ0v) is 29.4. The van der Waals surface area contributed by atoms with Crippen LogP contribution in [0.3, 0.4) is 0 Å². The predicted molar refractivity (Wildman–Crippen MR) is 181 cm³/mol. The molecule has 13 heteroatoms. The van der Waals surface area contributed by atoms with E-state index in [1.54, 1.807) is 24.3 Å². The van der Waals surface area contributed by atoms with Crippen molar-refractivity contribution in [2.45, 2.75) is 122 Å². The van der Waals surface area contributed by atoms with Gasteiger partial charge in [-0.2, -0.15) is 0 Å². The van der Waals surface area contributed by atoms with Gasteiger partial charge >= 0.3 is 11.9 Å². The molecule has 3 atom stereocenters. The molecule has 0 aliphatic carbocycles. The minimum atomic E-state index is -3.24. The van der Waals surface area contributed by atoms with Gasteiger partial charge < -0.3 is 25.0 Å². The lowest BCUT2D eigenvalue weighted by atomic mass is 9.83. The van der Waals surface area contributed by atoms with E-state index >= 15 is 0 Å². The Labute approximate surface area is 284 Å². The van der Waals surface area contributed by atoms with Crippen molar-refractivity contribution in [2.75, 3.05) is 25.2 Å². The van der Waals surface area contributed by atoms with Crippen LogP contribution in [0, 0.1) is 5.92 Å². The highest BCUT2D eigenvalue weighted by molar-refractivity contribution is 7.91. The Bertz CT molecular complexity index is 1220. The number of benzene rings is 1. The number of halogens is 2. The summed E-state index contributed by atoms with van der Waals surface area (Å²) in [5, 5.41) is 23.0.